The second-order valence-corrected chi connectivity index (χ2v) is 7.43. The number of nitrogens with zero attached hydrogens (tertiary/aromatic N) is 1. The van der Waals surface area contributed by atoms with E-state index in [1.54, 1.807) is 0 Å². The molecule has 3 atom stereocenters. The minimum absolute atomic E-state index is 0.342. The van der Waals surface area contributed by atoms with Gasteiger partial charge in [0.05, 0.1) is 12.7 Å². The lowest BCUT2D eigenvalue weighted by Crippen LogP contribution is -2.52. The predicted octanol–water partition coefficient (Wildman–Crippen LogP) is 3.15. The quantitative estimate of drug-likeness (QED) is 0.860. The molecule has 114 valence electrons. The Kier molecular flexibility index (Phi) is 4.34. The van der Waals surface area contributed by atoms with Crippen molar-refractivity contribution in [2.45, 2.75) is 77.4 Å². The van der Waals surface area contributed by atoms with Crippen LogP contribution in [0.4, 0.5) is 0 Å². The molecule has 3 heteroatoms. The molecule has 1 N–H and O–H groups in total. The number of carbonyl (C=O) groups is 1. The summed E-state index contributed by atoms with van der Waals surface area (Å²) in [6, 6.07) is 0.497. The number of nitrogens with one attached hydrogen (secondary N) is 1. The molecule has 0 bridgehead atoms. The number of carbonyl (C=O) groups excluding carboxylic acids is 1. The van der Waals surface area contributed by atoms with Gasteiger partial charge in [0.1, 0.15) is 0 Å². The molecule has 1 saturated heterocycles. The minimum atomic E-state index is 0.342. The summed E-state index contributed by atoms with van der Waals surface area (Å²) < 4.78 is 0. The van der Waals surface area contributed by atoms with Crippen LogP contribution in [0.15, 0.2) is 0 Å². The summed E-state index contributed by atoms with van der Waals surface area (Å²) >= 11 is 0. The van der Waals surface area contributed by atoms with E-state index in [0.717, 1.165) is 0 Å². The Morgan fingerprint density at radius 3 is 2.40 bits per heavy atom. The van der Waals surface area contributed by atoms with Crippen molar-refractivity contribution in [1.29, 1.82) is 0 Å². The third kappa shape index (κ3) is 2.61. The topological polar surface area (TPSA) is 32.3 Å². The maximum Gasteiger partial charge on any atom is 0.238 e. The lowest BCUT2D eigenvalue weighted by molar-refractivity contribution is -0.133. The molecule has 0 aromatic carbocycles. The van der Waals surface area contributed by atoms with Gasteiger partial charge in [0.2, 0.25) is 5.91 Å². The van der Waals surface area contributed by atoms with Crippen LogP contribution in [0.2, 0.25) is 0 Å². The standard InChI is InChI=1S/C17H30N2O/c1-12(2)14-9-5-6-10-15(14)19-16(20)11-18-17(19)13-7-3-4-8-13/h12-15,17-18H,3-11H2,1-2H3. The van der Waals surface area contributed by atoms with E-state index < -0.39 is 0 Å². The third-order valence-corrected chi connectivity index (χ3v) is 5.89. The van der Waals surface area contributed by atoms with Crippen LogP contribution >= 0.6 is 0 Å². The lowest BCUT2D eigenvalue weighted by atomic mass is 9.76. The van der Waals surface area contributed by atoms with Crippen molar-refractivity contribution >= 4 is 5.91 Å². The second-order valence-electron chi connectivity index (χ2n) is 7.43. The van der Waals surface area contributed by atoms with Crippen molar-refractivity contribution in [2.75, 3.05) is 6.54 Å². The van der Waals surface area contributed by atoms with Crippen molar-refractivity contribution in [3.63, 3.8) is 0 Å². The van der Waals surface area contributed by atoms with E-state index >= 15 is 0 Å². The van der Waals surface area contributed by atoms with Gasteiger partial charge < -0.3 is 4.90 Å². The van der Waals surface area contributed by atoms with Crippen LogP contribution in [-0.2, 0) is 4.79 Å². The highest BCUT2D eigenvalue weighted by molar-refractivity contribution is 5.81. The smallest absolute Gasteiger partial charge is 0.238 e. The van der Waals surface area contributed by atoms with Crippen molar-refractivity contribution < 1.29 is 4.79 Å². The van der Waals surface area contributed by atoms with Gasteiger partial charge in [0.25, 0.3) is 0 Å². The zero-order valence-electron chi connectivity index (χ0n) is 13.1. The summed E-state index contributed by atoms with van der Waals surface area (Å²) in [5.41, 5.74) is 0. The fourth-order valence-electron chi connectivity index (χ4n) is 4.86. The molecule has 3 nitrogen and oxygen atoms in total. The summed E-state index contributed by atoms with van der Waals surface area (Å²) in [5.74, 6) is 2.46. The predicted molar refractivity (Wildman–Crippen MR) is 81.2 cm³/mol. The molecule has 3 unspecified atom stereocenters. The molecule has 2 aliphatic carbocycles. The zero-order valence-corrected chi connectivity index (χ0v) is 13.1. The average molecular weight is 278 g/mol. The summed E-state index contributed by atoms with van der Waals surface area (Å²) in [5, 5.41) is 3.53. The normalized spacial score (nSPS) is 36.2. The van der Waals surface area contributed by atoms with Crippen molar-refractivity contribution in [1.82, 2.24) is 10.2 Å². The molecular formula is C17H30N2O. The van der Waals surface area contributed by atoms with Crippen molar-refractivity contribution in [2.24, 2.45) is 17.8 Å². The van der Waals surface area contributed by atoms with Gasteiger partial charge in [-0.1, -0.05) is 39.5 Å². The molecule has 2 saturated carbocycles. The minimum Gasteiger partial charge on any atom is -0.322 e. The van der Waals surface area contributed by atoms with E-state index in [9.17, 15) is 4.79 Å². The van der Waals surface area contributed by atoms with Crippen molar-refractivity contribution in [3.8, 4) is 0 Å². The average Bonchev–Trinajstić information content (AvgIpc) is 3.07. The maximum atomic E-state index is 12.5. The van der Waals surface area contributed by atoms with E-state index in [2.05, 4.69) is 24.1 Å². The van der Waals surface area contributed by atoms with Gasteiger partial charge in [-0.05, 0) is 43.4 Å². The van der Waals surface area contributed by atoms with Crippen LogP contribution in [0.3, 0.4) is 0 Å². The van der Waals surface area contributed by atoms with E-state index in [4.69, 9.17) is 0 Å². The molecule has 0 aromatic rings. The third-order valence-electron chi connectivity index (χ3n) is 5.89. The number of rotatable bonds is 3. The van der Waals surface area contributed by atoms with Crippen LogP contribution in [-0.4, -0.2) is 29.6 Å². The first-order valence-electron chi connectivity index (χ1n) is 8.73. The highest BCUT2D eigenvalue weighted by Crippen LogP contribution is 2.38. The van der Waals surface area contributed by atoms with Crippen LogP contribution in [0.1, 0.15) is 65.2 Å². The van der Waals surface area contributed by atoms with Crippen LogP contribution in [0.5, 0.6) is 0 Å². The van der Waals surface area contributed by atoms with Gasteiger partial charge in [-0.2, -0.15) is 0 Å². The molecule has 3 fully saturated rings. The Bertz CT molecular complexity index is 349. The largest absolute Gasteiger partial charge is 0.322 e. The Morgan fingerprint density at radius 2 is 1.70 bits per heavy atom. The van der Waals surface area contributed by atoms with Gasteiger partial charge in [-0.15, -0.1) is 0 Å². The van der Waals surface area contributed by atoms with Crippen LogP contribution < -0.4 is 5.32 Å². The summed E-state index contributed by atoms with van der Waals surface area (Å²) in [7, 11) is 0. The fourth-order valence-corrected chi connectivity index (χ4v) is 4.86. The van der Waals surface area contributed by atoms with E-state index in [0.29, 0.717) is 42.4 Å². The fraction of sp³-hybridized carbons (Fsp3) is 0.941. The van der Waals surface area contributed by atoms with Crippen LogP contribution in [0.25, 0.3) is 0 Å². The first-order chi connectivity index (χ1) is 9.68. The highest BCUT2D eigenvalue weighted by Gasteiger charge is 2.44. The molecule has 20 heavy (non-hydrogen) atoms. The van der Waals surface area contributed by atoms with Gasteiger partial charge >= 0.3 is 0 Å². The SMILES string of the molecule is CC(C)C1CCCCC1N1C(=O)CNC1C1CCCC1. The molecule has 1 amide bonds. The Morgan fingerprint density at radius 1 is 1.05 bits per heavy atom. The molecule has 3 rings (SSSR count). The van der Waals surface area contributed by atoms with Crippen molar-refractivity contribution in [3.05, 3.63) is 0 Å². The zero-order chi connectivity index (χ0) is 14.1. The summed E-state index contributed by atoms with van der Waals surface area (Å²) in [6.07, 6.45) is 10.8. The van der Waals surface area contributed by atoms with E-state index in [1.807, 2.05) is 0 Å². The van der Waals surface area contributed by atoms with E-state index in [-0.39, 0.29) is 0 Å². The maximum absolute atomic E-state index is 12.5. The molecule has 0 spiro atoms. The van der Waals surface area contributed by atoms with Crippen LogP contribution in [0, 0.1) is 17.8 Å². The highest BCUT2D eigenvalue weighted by atomic mass is 16.2. The summed E-state index contributed by atoms with van der Waals surface area (Å²) in [6.45, 7) is 5.24. The monoisotopic (exact) mass is 278 g/mol. The van der Waals surface area contributed by atoms with E-state index in [1.165, 1.54) is 51.4 Å². The molecular weight excluding hydrogens is 248 g/mol. The Labute approximate surface area is 123 Å². The number of hydrogen-bond donors (Lipinski definition) is 1. The molecule has 0 radical (unpaired) electrons. The number of hydrogen-bond acceptors (Lipinski definition) is 2. The van der Waals surface area contributed by atoms with Gasteiger partial charge in [-0.3, -0.25) is 10.1 Å². The molecule has 3 aliphatic rings. The first kappa shape index (κ1) is 14.4. The Balaban J connectivity index is 1.78. The van der Waals surface area contributed by atoms with Gasteiger partial charge in [0, 0.05) is 6.04 Å². The lowest BCUT2D eigenvalue weighted by Gasteiger charge is -2.43. The molecule has 1 aliphatic heterocycles. The molecule has 1 heterocycles. The Hall–Kier alpha value is -0.570. The second kappa shape index (κ2) is 6.05. The van der Waals surface area contributed by atoms with Gasteiger partial charge in [0.15, 0.2) is 0 Å². The number of amides is 1. The molecule has 0 aromatic heterocycles. The van der Waals surface area contributed by atoms with Gasteiger partial charge in [-0.25, -0.2) is 0 Å². The first-order valence-corrected chi connectivity index (χ1v) is 8.73. The summed E-state index contributed by atoms with van der Waals surface area (Å²) in [4.78, 5) is 14.8.